The van der Waals surface area contributed by atoms with Gasteiger partial charge in [0.15, 0.2) is 0 Å². The summed E-state index contributed by atoms with van der Waals surface area (Å²) < 4.78 is 0. The SMILES string of the molecule is CCc1cc(C(=O)N(C)C2CCCC(C)C2)cc(NN)n1. The lowest BCUT2D eigenvalue weighted by Crippen LogP contribution is -2.40. The number of nitrogen functional groups attached to an aromatic ring is 1. The molecule has 1 fully saturated rings. The summed E-state index contributed by atoms with van der Waals surface area (Å²) in [7, 11) is 1.91. The molecule has 1 heterocycles. The first-order chi connectivity index (χ1) is 10.0. The number of nitrogens with zero attached hydrogens (tertiary/aromatic N) is 2. The van der Waals surface area contributed by atoms with Gasteiger partial charge < -0.3 is 10.3 Å². The zero-order valence-electron chi connectivity index (χ0n) is 13.2. The standard InChI is InChI=1S/C16H26N4O/c1-4-13-9-12(10-15(18-13)19-17)16(21)20(3)14-7-5-6-11(2)8-14/h9-11,14H,4-8,17H2,1-3H3,(H,18,19). The lowest BCUT2D eigenvalue weighted by molar-refractivity contribution is 0.0672. The molecule has 5 nitrogen and oxygen atoms in total. The van der Waals surface area contributed by atoms with Crippen LogP contribution in [-0.2, 0) is 6.42 Å². The van der Waals surface area contributed by atoms with Crippen LogP contribution in [0.2, 0.25) is 0 Å². The van der Waals surface area contributed by atoms with E-state index in [1.165, 1.54) is 12.8 Å². The second-order valence-electron chi connectivity index (χ2n) is 6.07. The Labute approximate surface area is 126 Å². The Morgan fingerprint density at radius 2 is 2.24 bits per heavy atom. The summed E-state index contributed by atoms with van der Waals surface area (Å²) in [5.74, 6) is 6.74. The highest BCUT2D eigenvalue weighted by atomic mass is 16.2. The van der Waals surface area contributed by atoms with Gasteiger partial charge in [0.25, 0.3) is 5.91 Å². The normalized spacial score (nSPS) is 21.9. The van der Waals surface area contributed by atoms with E-state index in [1.54, 1.807) is 6.07 Å². The Morgan fingerprint density at radius 1 is 1.48 bits per heavy atom. The van der Waals surface area contributed by atoms with Gasteiger partial charge in [-0.3, -0.25) is 4.79 Å². The van der Waals surface area contributed by atoms with Crippen molar-refractivity contribution in [2.75, 3.05) is 12.5 Å². The maximum absolute atomic E-state index is 12.7. The van der Waals surface area contributed by atoms with Gasteiger partial charge in [-0.2, -0.15) is 0 Å². The summed E-state index contributed by atoms with van der Waals surface area (Å²) in [6.07, 6.45) is 5.45. The van der Waals surface area contributed by atoms with Gasteiger partial charge in [0.05, 0.1) is 0 Å². The molecule has 2 unspecified atom stereocenters. The topological polar surface area (TPSA) is 71.2 Å². The number of carbonyl (C=O) groups is 1. The minimum absolute atomic E-state index is 0.0581. The Kier molecular flexibility index (Phi) is 5.17. The number of aromatic nitrogens is 1. The number of nitrogens with one attached hydrogen (secondary N) is 1. The van der Waals surface area contributed by atoms with E-state index in [-0.39, 0.29) is 5.91 Å². The van der Waals surface area contributed by atoms with Gasteiger partial charge in [-0.05, 0) is 37.3 Å². The molecule has 2 rings (SSSR count). The highest BCUT2D eigenvalue weighted by Gasteiger charge is 2.26. The number of pyridine rings is 1. The van der Waals surface area contributed by atoms with Gasteiger partial charge in [0, 0.05) is 24.3 Å². The van der Waals surface area contributed by atoms with Crippen molar-refractivity contribution in [2.24, 2.45) is 11.8 Å². The number of hydrazine groups is 1. The van der Waals surface area contributed by atoms with E-state index < -0.39 is 0 Å². The molecule has 116 valence electrons. The summed E-state index contributed by atoms with van der Waals surface area (Å²) in [5.41, 5.74) is 4.08. The zero-order chi connectivity index (χ0) is 15.4. The van der Waals surface area contributed by atoms with E-state index in [9.17, 15) is 4.79 Å². The number of amides is 1. The third kappa shape index (κ3) is 3.73. The van der Waals surface area contributed by atoms with Crippen LogP contribution in [-0.4, -0.2) is 28.9 Å². The molecule has 3 N–H and O–H groups in total. The molecule has 1 amide bonds. The molecule has 1 aromatic heterocycles. The van der Waals surface area contributed by atoms with Crippen LogP contribution in [0.4, 0.5) is 5.82 Å². The van der Waals surface area contributed by atoms with Crippen LogP contribution in [0.15, 0.2) is 12.1 Å². The molecule has 1 aromatic rings. The van der Waals surface area contributed by atoms with Crippen LogP contribution >= 0.6 is 0 Å². The van der Waals surface area contributed by atoms with Crippen molar-refractivity contribution >= 4 is 11.7 Å². The molecule has 0 aliphatic heterocycles. The van der Waals surface area contributed by atoms with E-state index in [1.807, 2.05) is 24.9 Å². The fourth-order valence-electron chi connectivity index (χ4n) is 3.09. The first kappa shape index (κ1) is 15.8. The fourth-order valence-corrected chi connectivity index (χ4v) is 3.09. The molecule has 5 heteroatoms. The molecule has 0 bridgehead atoms. The summed E-state index contributed by atoms with van der Waals surface area (Å²) in [4.78, 5) is 18.9. The highest BCUT2D eigenvalue weighted by molar-refractivity contribution is 5.95. The second kappa shape index (κ2) is 6.89. The van der Waals surface area contributed by atoms with E-state index >= 15 is 0 Å². The number of carbonyl (C=O) groups excluding carboxylic acids is 1. The Hall–Kier alpha value is -1.62. The lowest BCUT2D eigenvalue weighted by atomic mass is 9.86. The first-order valence-electron chi connectivity index (χ1n) is 7.79. The quantitative estimate of drug-likeness (QED) is 0.660. The van der Waals surface area contributed by atoms with E-state index in [0.29, 0.717) is 23.3 Å². The molecule has 21 heavy (non-hydrogen) atoms. The third-order valence-electron chi connectivity index (χ3n) is 4.41. The second-order valence-corrected chi connectivity index (χ2v) is 6.07. The monoisotopic (exact) mass is 290 g/mol. The Balaban J connectivity index is 2.18. The lowest BCUT2D eigenvalue weighted by Gasteiger charge is -2.34. The van der Waals surface area contributed by atoms with Crippen LogP contribution in [0.3, 0.4) is 0 Å². The fraction of sp³-hybridized carbons (Fsp3) is 0.625. The van der Waals surface area contributed by atoms with E-state index in [2.05, 4.69) is 17.3 Å². The molecular formula is C16H26N4O. The van der Waals surface area contributed by atoms with Crippen molar-refractivity contribution in [1.82, 2.24) is 9.88 Å². The Bertz CT molecular complexity index is 481. The molecule has 0 saturated heterocycles. The summed E-state index contributed by atoms with van der Waals surface area (Å²) in [5, 5.41) is 0. The Morgan fingerprint density at radius 3 is 2.86 bits per heavy atom. The van der Waals surface area contributed by atoms with Crippen LogP contribution in [0.5, 0.6) is 0 Å². The van der Waals surface area contributed by atoms with Gasteiger partial charge in [0.2, 0.25) is 0 Å². The number of nitrogens with two attached hydrogens (primary N) is 1. The van der Waals surface area contributed by atoms with E-state index in [4.69, 9.17) is 5.84 Å². The van der Waals surface area contributed by atoms with Gasteiger partial charge >= 0.3 is 0 Å². The number of hydrogen-bond acceptors (Lipinski definition) is 4. The molecular weight excluding hydrogens is 264 g/mol. The maximum Gasteiger partial charge on any atom is 0.254 e. The smallest absolute Gasteiger partial charge is 0.254 e. The van der Waals surface area contributed by atoms with Gasteiger partial charge in [0.1, 0.15) is 5.82 Å². The van der Waals surface area contributed by atoms with Crippen LogP contribution in [0, 0.1) is 5.92 Å². The molecule has 0 aromatic carbocycles. The minimum Gasteiger partial charge on any atom is -0.339 e. The molecule has 1 aliphatic rings. The number of rotatable bonds is 4. The van der Waals surface area contributed by atoms with Gasteiger partial charge in [-0.15, -0.1) is 0 Å². The third-order valence-corrected chi connectivity index (χ3v) is 4.41. The van der Waals surface area contributed by atoms with Crippen molar-refractivity contribution in [3.8, 4) is 0 Å². The largest absolute Gasteiger partial charge is 0.339 e. The minimum atomic E-state index is 0.0581. The number of aryl methyl sites for hydroxylation is 1. The summed E-state index contributed by atoms with van der Waals surface area (Å²) in [6.45, 7) is 4.28. The average molecular weight is 290 g/mol. The van der Waals surface area contributed by atoms with Crippen LogP contribution in [0.1, 0.15) is 55.6 Å². The van der Waals surface area contributed by atoms with Crippen LogP contribution < -0.4 is 11.3 Å². The predicted octanol–water partition coefficient (Wildman–Crippen LogP) is 2.58. The summed E-state index contributed by atoms with van der Waals surface area (Å²) >= 11 is 0. The van der Waals surface area contributed by atoms with Crippen molar-refractivity contribution in [3.63, 3.8) is 0 Å². The van der Waals surface area contributed by atoms with Gasteiger partial charge in [-0.25, -0.2) is 10.8 Å². The van der Waals surface area contributed by atoms with Crippen molar-refractivity contribution in [3.05, 3.63) is 23.4 Å². The molecule has 0 radical (unpaired) electrons. The molecule has 1 aliphatic carbocycles. The zero-order valence-corrected chi connectivity index (χ0v) is 13.2. The number of hydrogen-bond donors (Lipinski definition) is 2. The average Bonchev–Trinajstić information content (AvgIpc) is 2.52. The molecule has 1 saturated carbocycles. The molecule has 2 atom stereocenters. The highest BCUT2D eigenvalue weighted by Crippen LogP contribution is 2.27. The van der Waals surface area contributed by atoms with E-state index in [0.717, 1.165) is 25.0 Å². The predicted molar refractivity (Wildman–Crippen MR) is 84.9 cm³/mol. The van der Waals surface area contributed by atoms with Crippen molar-refractivity contribution in [1.29, 1.82) is 0 Å². The maximum atomic E-state index is 12.7. The van der Waals surface area contributed by atoms with Gasteiger partial charge in [-0.1, -0.05) is 26.7 Å². The van der Waals surface area contributed by atoms with Crippen molar-refractivity contribution in [2.45, 2.75) is 52.0 Å². The molecule has 0 spiro atoms. The van der Waals surface area contributed by atoms with Crippen molar-refractivity contribution < 1.29 is 4.79 Å². The number of anilines is 1. The first-order valence-corrected chi connectivity index (χ1v) is 7.79. The summed E-state index contributed by atoms with van der Waals surface area (Å²) in [6, 6.07) is 3.93. The van der Waals surface area contributed by atoms with Crippen LogP contribution in [0.25, 0.3) is 0 Å².